The van der Waals surface area contributed by atoms with E-state index in [4.69, 9.17) is 9.47 Å². The molecule has 4 heteroatoms. The molecular formula is C13H16BrNO2. The molecular weight excluding hydrogens is 282 g/mol. The zero-order valence-electron chi connectivity index (χ0n) is 9.88. The van der Waals surface area contributed by atoms with Crippen molar-refractivity contribution in [3.63, 3.8) is 0 Å². The van der Waals surface area contributed by atoms with E-state index in [9.17, 15) is 0 Å². The van der Waals surface area contributed by atoms with E-state index in [-0.39, 0.29) is 0 Å². The fourth-order valence-corrected chi connectivity index (χ4v) is 3.05. The van der Waals surface area contributed by atoms with Crippen molar-refractivity contribution in [2.24, 2.45) is 0 Å². The van der Waals surface area contributed by atoms with E-state index in [1.165, 1.54) is 18.4 Å². The second-order valence-corrected chi connectivity index (χ2v) is 5.50. The first-order chi connectivity index (χ1) is 8.25. The maximum Gasteiger partial charge on any atom is 0.231 e. The predicted octanol–water partition coefficient (Wildman–Crippen LogP) is 2.78. The van der Waals surface area contributed by atoms with E-state index >= 15 is 0 Å². The molecule has 1 fully saturated rings. The van der Waals surface area contributed by atoms with Gasteiger partial charge < -0.3 is 14.8 Å². The van der Waals surface area contributed by atoms with Crippen LogP contribution < -0.4 is 14.8 Å². The molecule has 3 rings (SSSR count). The van der Waals surface area contributed by atoms with Crippen LogP contribution in [0.15, 0.2) is 10.5 Å². The summed E-state index contributed by atoms with van der Waals surface area (Å²) in [5, 5.41) is 3.53. The molecule has 3 nitrogen and oxygen atoms in total. The molecule has 1 aromatic carbocycles. The summed E-state index contributed by atoms with van der Waals surface area (Å²) in [5.41, 5.74) is 2.46. The molecule has 2 aliphatic rings. The highest BCUT2D eigenvalue weighted by Gasteiger charge is 2.23. The summed E-state index contributed by atoms with van der Waals surface area (Å²) in [6.07, 6.45) is 3.60. The Morgan fingerprint density at radius 1 is 1.47 bits per heavy atom. The van der Waals surface area contributed by atoms with E-state index in [0.717, 1.165) is 34.5 Å². The minimum absolute atomic E-state index is 0.341. The van der Waals surface area contributed by atoms with Gasteiger partial charge in [0.2, 0.25) is 6.79 Å². The molecule has 17 heavy (non-hydrogen) atoms. The monoisotopic (exact) mass is 297 g/mol. The standard InChI is InChI=1S/C13H16BrNO2/c1-8-12(14)9(5-10-3-2-4-15-10)6-11-13(8)17-7-16-11/h6,10,15H,2-5,7H2,1H3. The number of ether oxygens (including phenoxy) is 2. The molecule has 1 aromatic rings. The maximum absolute atomic E-state index is 5.48. The molecule has 1 saturated heterocycles. The third-order valence-corrected chi connectivity index (χ3v) is 4.63. The summed E-state index contributed by atoms with van der Waals surface area (Å²) < 4.78 is 12.1. The van der Waals surface area contributed by atoms with Gasteiger partial charge >= 0.3 is 0 Å². The Bertz CT molecular complexity index is 442. The van der Waals surface area contributed by atoms with Crippen LogP contribution >= 0.6 is 15.9 Å². The van der Waals surface area contributed by atoms with Gasteiger partial charge in [-0.1, -0.05) is 15.9 Å². The number of fused-ring (bicyclic) bond motifs is 1. The van der Waals surface area contributed by atoms with Crippen molar-refractivity contribution in [3.05, 3.63) is 21.7 Å². The normalized spacial score (nSPS) is 22.1. The molecule has 0 bridgehead atoms. The van der Waals surface area contributed by atoms with E-state index in [0.29, 0.717) is 12.8 Å². The predicted molar refractivity (Wildman–Crippen MR) is 69.7 cm³/mol. The average molecular weight is 298 g/mol. The van der Waals surface area contributed by atoms with Gasteiger partial charge in [-0.3, -0.25) is 0 Å². The van der Waals surface area contributed by atoms with Crippen LogP contribution in [0.4, 0.5) is 0 Å². The number of hydrogen-bond donors (Lipinski definition) is 1. The lowest BCUT2D eigenvalue weighted by molar-refractivity contribution is 0.173. The lowest BCUT2D eigenvalue weighted by Crippen LogP contribution is -2.23. The lowest BCUT2D eigenvalue weighted by atomic mass is 10.0. The van der Waals surface area contributed by atoms with Gasteiger partial charge in [-0.25, -0.2) is 0 Å². The van der Waals surface area contributed by atoms with Crippen LogP contribution in [0.25, 0.3) is 0 Å². The van der Waals surface area contributed by atoms with Crippen LogP contribution in [0.2, 0.25) is 0 Å². The molecule has 0 spiro atoms. The fraction of sp³-hybridized carbons (Fsp3) is 0.538. The Morgan fingerprint density at radius 2 is 2.35 bits per heavy atom. The first-order valence-corrected chi connectivity index (χ1v) is 6.86. The summed E-state index contributed by atoms with van der Waals surface area (Å²) in [6, 6.07) is 2.71. The number of benzene rings is 1. The third-order valence-electron chi connectivity index (χ3n) is 3.53. The number of hydrogen-bond acceptors (Lipinski definition) is 3. The zero-order valence-corrected chi connectivity index (χ0v) is 11.5. The molecule has 2 aliphatic heterocycles. The van der Waals surface area contributed by atoms with E-state index < -0.39 is 0 Å². The Hall–Kier alpha value is -0.740. The summed E-state index contributed by atoms with van der Waals surface area (Å²) in [4.78, 5) is 0. The molecule has 1 N–H and O–H groups in total. The van der Waals surface area contributed by atoms with Crippen molar-refractivity contribution in [2.75, 3.05) is 13.3 Å². The second kappa shape index (κ2) is 4.50. The van der Waals surface area contributed by atoms with Crippen LogP contribution in [0.5, 0.6) is 11.5 Å². The van der Waals surface area contributed by atoms with Crippen LogP contribution in [0.3, 0.4) is 0 Å². The largest absolute Gasteiger partial charge is 0.454 e. The van der Waals surface area contributed by atoms with Crippen molar-refractivity contribution in [3.8, 4) is 11.5 Å². The molecule has 92 valence electrons. The molecule has 0 aromatic heterocycles. The van der Waals surface area contributed by atoms with Gasteiger partial charge in [0, 0.05) is 16.1 Å². The third kappa shape index (κ3) is 2.04. The van der Waals surface area contributed by atoms with E-state index in [2.05, 4.69) is 34.2 Å². The topological polar surface area (TPSA) is 30.5 Å². The smallest absolute Gasteiger partial charge is 0.231 e. The Balaban J connectivity index is 1.91. The summed E-state index contributed by atoms with van der Waals surface area (Å²) in [6.45, 7) is 3.56. The molecule has 1 atom stereocenters. The summed E-state index contributed by atoms with van der Waals surface area (Å²) in [5.74, 6) is 1.78. The molecule has 1 unspecified atom stereocenters. The molecule has 2 heterocycles. The Morgan fingerprint density at radius 3 is 3.12 bits per heavy atom. The number of nitrogens with one attached hydrogen (secondary N) is 1. The minimum atomic E-state index is 0.341. The Kier molecular flexibility index (Phi) is 3.01. The summed E-state index contributed by atoms with van der Waals surface area (Å²) in [7, 11) is 0. The minimum Gasteiger partial charge on any atom is -0.454 e. The van der Waals surface area contributed by atoms with Gasteiger partial charge in [-0.15, -0.1) is 0 Å². The fourth-order valence-electron chi connectivity index (χ4n) is 2.60. The molecule has 0 amide bonds. The highest BCUT2D eigenvalue weighted by atomic mass is 79.9. The van der Waals surface area contributed by atoms with Gasteiger partial charge in [0.15, 0.2) is 11.5 Å². The van der Waals surface area contributed by atoms with Crippen molar-refractivity contribution < 1.29 is 9.47 Å². The highest BCUT2D eigenvalue weighted by molar-refractivity contribution is 9.10. The first-order valence-electron chi connectivity index (χ1n) is 6.06. The lowest BCUT2D eigenvalue weighted by Gasteiger charge is -2.14. The van der Waals surface area contributed by atoms with Crippen molar-refractivity contribution in [2.45, 2.75) is 32.2 Å². The molecule has 0 aliphatic carbocycles. The maximum atomic E-state index is 5.48. The van der Waals surface area contributed by atoms with Gasteiger partial charge in [-0.05, 0) is 44.4 Å². The van der Waals surface area contributed by atoms with Gasteiger partial charge in [-0.2, -0.15) is 0 Å². The van der Waals surface area contributed by atoms with Crippen molar-refractivity contribution >= 4 is 15.9 Å². The second-order valence-electron chi connectivity index (χ2n) is 4.71. The van der Waals surface area contributed by atoms with Crippen molar-refractivity contribution in [1.82, 2.24) is 5.32 Å². The van der Waals surface area contributed by atoms with Crippen LogP contribution in [0.1, 0.15) is 24.0 Å². The van der Waals surface area contributed by atoms with Crippen LogP contribution in [0, 0.1) is 6.92 Å². The van der Waals surface area contributed by atoms with Gasteiger partial charge in [0.05, 0.1) is 0 Å². The molecule has 0 radical (unpaired) electrons. The zero-order chi connectivity index (χ0) is 11.8. The highest BCUT2D eigenvalue weighted by Crippen LogP contribution is 2.41. The molecule has 0 saturated carbocycles. The first kappa shape index (κ1) is 11.4. The number of rotatable bonds is 2. The summed E-state index contributed by atoms with van der Waals surface area (Å²) >= 11 is 3.68. The van der Waals surface area contributed by atoms with Crippen LogP contribution in [-0.2, 0) is 6.42 Å². The van der Waals surface area contributed by atoms with E-state index in [1.54, 1.807) is 0 Å². The SMILES string of the molecule is Cc1c(Br)c(CC2CCCN2)cc2c1OCO2. The van der Waals surface area contributed by atoms with E-state index in [1.807, 2.05) is 0 Å². The van der Waals surface area contributed by atoms with Gasteiger partial charge in [0.25, 0.3) is 0 Å². The van der Waals surface area contributed by atoms with Crippen molar-refractivity contribution in [1.29, 1.82) is 0 Å². The quantitative estimate of drug-likeness (QED) is 0.910. The van der Waals surface area contributed by atoms with Gasteiger partial charge in [0.1, 0.15) is 0 Å². The van der Waals surface area contributed by atoms with Crippen LogP contribution in [-0.4, -0.2) is 19.4 Å². The number of halogens is 1. The Labute approximate surface area is 110 Å². The average Bonchev–Trinajstić information content (AvgIpc) is 2.96.